The summed E-state index contributed by atoms with van der Waals surface area (Å²) in [6.45, 7) is 2.23. The second kappa shape index (κ2) is 6.40. The van der Waals surface area contributed by atoms with Crippen LogP contribution in [-0.2, 0) is 6.42 Å². The van der Waals surface area contributed by atoms with Crippen molar-refractivity contribution in [1.82, 2.24) is 4.98 Å². The topological polar surface area (TPSA) is 24.9 Å². The number of hydrogen-bond acceptors (Lipinski definition) is 2. The lowest BCUT2D eigenvalue weighted by molar-refractivity contribution is 0.681. The van der Waals surface area contributed by atoms with E-state index in [-0.39, 0.29) is 0 Å². The van der Waals surface area contributed by atoms with Crippen LogP contribution in [0.1, 0.15) is 18.9 Å². The fourth-order valence-corrected chi connectivity index (χ4v) is 2.60. The van der Waals surface area contributed by atoms with E-state index < -0.39 is 0 Å². The van der Waals surface area contributed by atoms with Crippen molar-refractivity contribution in [2.75, 3.05) is 5.32 Å². The van der Waals surface area contributed by atoms with Gasteiger partial charge >= 0.3 is 0 Å². The van der Waals surface area contributed by atoms with Crippen LogP contribution < -0.4 is 5.32 Å². The average Bonchev–Trinajstić information content (AvgIpc) is 2.55. The Morgan fingerprint density at radius 2 is 1.71 bits per heavy atom. The number of aryl methyl sites for hydroxylation is 1. The number of rotatable bonds is 0. The molecule has 0 bridgehead atoms. The molecule has 2 aromatic carbocycles. The maximum atomic E-state index is 4.18. The van der Waals surface area contributed by atoms with Crippen molar-refractivity contribution in [2.24, 2.45) is 0 Å². The molecule has 1 aromatic heterocycles. The summed E-state index contributed by atoms with van der Waals surface area (Å²) in [4.78, 5) is 4.18. The lowest BCUT2D eigenvalue weighted by Crippen LogP contribution is -2.21. The van der Waals surface area contributed by atoms with Gasteiger partial charge in [0.2, 0.25) is 0 Å². The van der Waals surface area contributed by atoms with E-state index in [0.29, 0.717) is 6.04 Å². The molecule has 4 rings (SSSR count). The molecule has 106 valence electrons. The molecule has 2 heterocycles. The van der Waals surface area contributed by atoms with Crippen molar-refractivity contribution in [3.8, 4) is 0 Å². The summed E-state index contributed by atoms with van der Waals surface area (Å²) in [6.07, 6.45) is 4.30. The Balaban J connectivity index is 0.000000126. The Bertz CT molecular complexity index is 656. The van der Waals surface area contributed by atoms with E-state index in [2.05, 4.69) is 53.6 Å². The Hall–Kier alpha value is -2.35. The van der Waals surface area contributed by atoms with Gasteiger partial charge in [-0.25, -0.2) is 0 Å². The zero-order valence-electron chi connectivity index (χ0n) is 12.3. The van der Waals surface area contributed by atoms with Crippen LogP contribution in [0.4, 0.5) is 5.69 Å². The summed E-state index contributed by atoms with van der Waals surface area (Å²) in [5.74, 6) is 0. The highest BCUT2D eigenvalue weighted by Crippen LogP contribution is 2.23. The van der Waals surface area contributed by atoms with Gasteiger partial charge in [0.1, 0.15) is 0 Å². The first-order valence-corrected chi connectivity index (χ1v) is 7.47. The van der Waals surface area contributed by atoms with Crippen LogP contribution in [0.3, 0.4) is 0 Å². The molecule has 1 unspecified atom stereocenters. The minimum atomic E-state index is 0.643. The fraction of sp³-hybridized carbons (Fsp3) is 0.211. The lowest BCUT2D eigenvalue weighted by atomic mass is 9.99. The summed E-state index contributed by atoms with van der Waals surface area (Å²) in [7, 11) is 0. The largest absolute Gasteiger partial charge is 0.382 e. The Morgan fingerprint density at radius 1 is 0.952 bits per heavy atom. The molecule has 1 aliphatic rings. The molecular weight excluding hydrogens is 256 g/mol. The monoisotopic (exact) mass is 276 g/mol. The number of benzene rings is 2. The number of aromatic nitrogens is 1. The second-order valence-corrected chi connectivity index (χ2v) is 5.44. The first-order valence-electron chi connectivity index (χ1n) is 7.47. The van der Waals surface area contributed by atoms with Crippen molar-refractivity contribution >= 4 is 16.6 Å². The van der Waals surface area contributed by atoms with Crippen LogP contribution in [-0.4, -0.2) is 11.0 Å². The van der Waals surface area contributed by atoms with E-state index in [9.17, 15) is 0 Å². The molecule has 3 aromatic rings. The lowest BCUT2D eigenvalue weighted by Gasteiger charge is -2.23. The summed E-state index contributed by atoms with van der Waals surface area (Å²) in [6, 6.07) is 21.3. The highest BCUT2D eigenvalue weighted by molar-refractivity contribution is 5.77. The highest BCUT2D eigenvalue weighted by atomic mass is 14.9. The summed E-state index contributed by atoms with van der Waals surface area (Å²) >= 11 is 0. The van der Waals surface area contributed by atoms with Gasteiger partial charge in [-0.15, -0.1) is 0 Å². The molecule has 0 fully saturated rings. The zero-order chi connectivity index (χ0) is 14.5. The summed E-state index contributed by atoms with van der Waals surface area (Å²) in [5.41, 5.74) is 3.85. The molecule has 0 spiro atoms. The molecule has 0 amide bonds. The Labute approximate surface area is 125 Å². The molecule has 2 heteroatoms. The van der Waals surface area contributed by atoms with Gasteiger partial charge in [-0.05, 0) is 43.5 Å². The van der Waals surface area contributed by atoms with Crippen molar-refractivity contribution in [2.45, 2.75) is 25.8 Å². The molecule has 0 saturated heterocycles. The van der Waals surface area contributed by atoms with Crippen LogP contribution in [0, 0.1) is 0 Å². The molecule has 1 aliphatic heterocycles. The molecule has 1 N–H and O–H groups in total. The quantitative estimate of drug-likeness (QED) is 0.645. The minimum Gasteiger partial charge on any atom is -0.382 e. The molecule has 0 saturated carbocycles. The molecule has 0 aliphatic carbocycles. The van der Waals surface area contributed by atoms with Gasteiger partial charge in [-0.2, -0.15) is 0 Å². The smallest absolute Gasteiger partial charge is 0.0701 e. The molecule has 0 radical (unpaired) electrons. The van der Waals surface area contributed by atoms with Crippen LogP contribution in [0.2, 0.25) is 0 Å². The van der Waals surface area contributed by atoms with Crippen molar-refractivity contribution in [1.29, 1.82) is 0 Å². The van der Waals surface area contributed by atoms with E-state index in [4.69, 9.17) is 0 Å². The second-order valence-electron chi connectivity index (χ2n) is 5.44. The predicted molar refractivity (Wildman–Crippen MR) is 89.6 cm³/mol. The molecule has 2 nitrogen and oxygen atoms in total. The van der Waals surface area contributed by atoms with E-state index in [1.54, 1.807) is 0 Å². The van der Waals surface area contributed by atoms with Gasteiger partial charge in [0.05, 0.1) is 5.52 Å². The predicted octanol–water partition coefficient (Wildman–Crippen LogP) is 4.67. The normalized spacial score (nSPS) is 16.3. The van der Waals surface area contributed by atoms with Crippen molar-refractivity contribution < 1.29 is 0 Å². The van der Waals surface area contributed by atoms with Gasteiger partial charge in [-0.1, -0.05) is 42.5 Å². The third kappa shape index (κ3) is 3.40. The molecule has 21 heavy (non-hydrogen) atoms. The SMILES string of the molecule is CC1CCc2ccccc2N1.c1ccc2ncccc2c1. The molecular formula is C19H20N2. The maximum Gasteiger partial charge on any atom is 0.0701 e. The number of nitrogens with one attached hydrogen (secondary N) is 1. The fourth-order valence-electron chi connectivity index (χ4n) is 2.60. The van der Waals surface area contributed by atoms with Gasteiger partial charge < -0.3 is 5.32 Å². The average molecular weight is 276 g/mol. The molecule has 1 atom stereocenters. The van der Waals surface area contributed by atoms with Gasteiger partial charge in [0, 0.05) is 23.3 Å². The van der Waals surface area contributed by atoms with E-state index in [1.165, 1.54) is 29.5 Å². The standard InChI is InChI=1S/C10H13N.C9H7N/c1-8-6-7-9-4-2-3-5-10(9)11-8;1-2-6-9-8(4-1)5-3-7-10-9/h2-5,8,11H,6-7H2,1H3;1-7H. The van der Waals surface area contributed by atoms with Crippen molar-refractivity contribution in [3.63, 3.8) is 0 Å². The Morgan fingerprint density at radius 3 is 2.62 bits per heavy atom. The zero-order valence-corrected chi connectivity index (χ0v) is 12.3. The van der Waals surface area contributed by atoms with E-state index >= 15 is 0 Å². The first-order chi connectivity index (χ1) is 10.3. The van der Waals surface area contributed by atoms with E-state index in [1.807, 2.05) is 30.5 Å². The number of pyridine rings is 1. The summed E-state index contributed by atoms with van der Waals surface area (Å²) < 4.78 is 0. The highest BCUT2D eigenvalue weighted by Gasteiger charge is 2.11. The van der Waals surface area contributed by atoms with Gasteiger partial charge in [0.25, 0.3) is 0 Å². The van der Waals surface area contributed by atoms with Crippen LogP contribution in [0.15, 0.2) is 66.9 Å². The number of nitrogens with zero attached hydrogens (tertiary/aromatic N) is 1. The first kappa shape index (κ1) is 13.6. The van der Waals surface area contributed by atoms with Crippen LogP contribution in [0.5, 0.6) is 0 Å². The van der Waals surface area contributed by atoms with Crippen LogP contribution >= 0.6 is 0 Å². The number of anilines is 1. The van der Waals surface area contributed by atoms with Crippen molar-refractivity contribution in [3.05, 3.63) is 72.4 Å². The number of fused-ring (bicyclic) bond motifs is 2. The third-order valence-electron chi connectivity index (χ3n) is 3.78. The number of para-hydroxylation sites is 2. The Kier molecular flexibility index (Phi) is 4.15. The van der Waals surface area contributed by atoms with E-state index in [0.717, 1.165) is 5.52 Å². The minimum absolute atomic E-state index is 0.643. The third-order valence-corrected chi connectivity index (χ3v) is 3.78. The van der Waals surface area contributed by atoms with Crippen LogP contribution in [0.25, 0.3) is 10.9 Å². The maximum absolute atomic E-state index is 4.18. The summed E-state index contributed by atoms with van der Waals surface area (Å²) in [5, 5.41) is 4.66. The van der Waals surface area contributed by atoms with Gasteiger partial charge in [-0.3, -0.25) is 4.98 Å². The van der Waals surface area contributed by atoms with Gasteiger partial charge in [0.15, 0.2) is 0 Å². The number of hydrogen-bond donors (Lipinski definition) is 1.